The lowest BCUT2D eigenvalue weighted by Crippen LogP contribution is -2.00. The molecule has 70 valence electrons. The number of benzene rings is 1. The van der Waals surface area contributed by atoms with Gasteiger partial charge in [-0.05, 0) is 12.1 Å². The third kappa shape index (κ3) is 2.21. The summed E-state index contributed by atoms with van der Waals surface area (Å²) in [7, 11) is 0. The van der Waals surface area contributed by atoms with Crippen LogP contribution in [0.25, 0.3) is 0 Å². The van der Waals surface area contributed by atoms with Crippen LogP contribution in [0.1, 0.15) is 16.8 Å². The molecule has 1 rings (SSSR count). The first-order valence-corrected chi connectivity index (χ1v) is 4.89. The zero-order chi connectivity index (χ0) is 9.84. The molecule has 0 aliphatic carbocycles. The van der Waals surface area contributed by atoms with Crippen LogP contribution in [-0.2, 0) is 0 Å². The number of phenols is 2. The summed E-state index contributed by atoms with van der Waals surface area (Å²) in [6, 6.07) is 4.23. The highest BCUT2D eigenvalue weighted by atomic mass is 79.9. The van der Waals surface area contributed by atoms with E-state index in [9.17, 15) is 15.0 Å². The van der Waals surface area contributed by atoms with Gasteiger partial charge in [0, 0.05) is 11.8 Å². The molecule has 0 amide bonds. The smallest absolute Gasteiger partial charge is 0.171 e. The molecule has 0 unspecified atom stereocenters. The maximum atomic E-state index is 11.3. The summed E-state index contributed by atoms with van der Waals surface area (Å²) in [5.74, 6) is -0.621. The van der Waals surface area contributed by atoms with Crippen LogP contribution < -0.4 is 0 Å². The van der Waals surface area contributed by atoms with Crippen molar-refractivity contribution in [2.75, 3.05) is 5.33 Å². The molecule has 0 fully saturated rings. The molecule has 1 aromatic rings. The van der Waals surface area contributed by atoms with Crippen molar-refractivity contribution in [1.29, 1.82) is 0 Å². The molecule has 3 nitrogen and oxygen atoms in total. The quantitative estimate of drug-likeness (QED) is 0.633. The lowest BCUT2D eigenvalue weighted by molar-refractivity contribution is 0.0984. The molecular formula is C9H9BrO3. The van der Waals surface area contributed by atoms with Crippen LogP contribution in [0, 0.1) is 0 Å². The van der Waals surface area contributed by atoms with E-state index < -0.39 is 0 Å². The lowest BCUT2D eigenvalue weighted by Gasteiger charge is -2.04. The second-order valence-corrected chi connectivity index (χ2v) is 3.33. The van der Waals surface area contributed by atoms with Gasteiger partial charge in [0.1, 0.15) is 17.1 Å². The highest BCUT2D eigenvalue weighted by molar-refractivity contribution is 9.09. The predicted molar refractivity (Wildman–Crippen MR) is 52.5 cm³/mol. The molecule has 0 spiro atoms. The number of ketones is 1. The molecule has 0 aliphatic rings. The van der Waals surface area contributed by atoms with Crippen molar-refractivity contribution in [1.82, 2.24) is 0 Å². The minimum absolute atomic E-state index is 0.00181. The first-order chi connectivity index (χ1) is 6.16. The molecule has 0 bridgehead atoms. The summed E-state index contributed by atoms with van der Waals surface area (Å²) in [4.78, 5) is 11.3. The Morgan fingerprint density at radius 2 is 1.85 bits per heavy atom. The fourth-order valence-electron chi connectivity index (χ4n) is 1.02. The number of halogens is 1. The summed E-state index contributed by atoms with van der Waals surface area (Å²) >= 11 is 3.11. The first-order valence-electron chi connectivity index (χ1n) is 3.77. The van der Waals surface area contributed by atoms with Crippen LogP contribution in [0.15, 0.2) is 18.2 Å². The average Bonchev–Trinajstić information content (AvgIpc) is 2.04. The minimum Gasteiger partial charge on any atom is -0.507 e. The largest absolute Gasteiger partial charge is 0.507 e. The van der Waals surface area contributed by atoms with Gasteiger partial charge >= 0.3 is 0 Å². The van der Waals surface area contributed by atoms with Crippen LogP contribution in [0.4, 0.5) is 0 Å². The van der Waals surface area contributed by atoms with Crippen LogP contribution in [0.3, 0.4) is 0 Å². The summed E-state index contributed by atoms with van der Waals surface area (Å²) in [6.45, 7) is 0. The van der Waals surface area contributed by atoms with Gasteiger partial charge in [0.2, 0.25) is 0 Å². The fourth-order valence-corrected chi connectivity index (χ4v) is 1.38. The van der Waals surface area contributed by atoms with Gasteiger partial charge in [-0.3, -0.25) is 4.79 Å². The highest BCUT2D eigenvalue weighted by Crippen LogP contribution is 2.27. The van der Waals surface area contributed by atoms with Gasteiger partial charge in [-0.25, -0.2) is 0 Å². The van der Waals surface area contributed by atoms with E-state index in [1.807, 2.05) is 0 Å². The van der Waals surface area contributed by atoms with Crippen molar-refractivity contribution >= 4 is 21.7 Å². The fraction of sp³-hybridized carbons (Fsp3) is 0.222. The van der Waals surface area contributed by atoms with Crippen LogP contribution in [0.5, 0.6) is 11.5 Å². The number of hydrogen-bond acceptors (Lipinski definition) is 3. The number of rotatable bonds is 3. The topological polar surface area (TPSA) is 57.5 Å². The van der Waals surface area contributed by atoms with Crippen molar-refractivity contribution in [2.24, 2.45) is 0 Å². The molecular weight excluding hydrogens is 236 g/mol. The van der Waals surface area contributed by atoms with Gasteiger partial charge in [-0.15, -0.1) is 0 Å². The van der Waals surface area contributed by atoms with E-state index in [1.165, 1.54) is 18.2 Å². The van der Waals surface area contributed by atoms with Crippen LogP contribution in [-0.4, -0.2) is 21.3 Å². The van der Waals surface area contributed by atoms with E-state index in [2.05, 4.69) is 15.9 Å². The molecule has 0 aromatic heterocycles. The zero-order valence-electron chi connectivity index (χ0n) is 6.83. The zero-order valence-corrected chi connectivity index (χ0v) is 8.41. The number of phenolic OH excluding ortho intramolecular Hbond substituents is 2. The Morgan fingerprint density at radius 1 is 1.31 bits per heavy atom. The molecule has 0 aliphatic heterocycles. The molecule has 0 heterocycles. The van der Waals surface area contributed by atoms with Gasteiger partial charge in [-0.1, -0.05) is 22.0 Å². The van der Waals surface area contributed by atoms with Crippen molar-refractivity contribution < 1.29 is 15.0 Å². The van der Waals surface area contributed by atoms with Crippen molar-refractivity contribution in [2.45, 2.75) is 6.42 Å². The predicted octanol–water partition coefficient (Wildman–Crippen LogP) is 2.07. The Labute approximate surface area is 84.1 Å². The van der Waals surface area contributed by atoms with Crippen molar-refractivity contribution in [3.05, 3.63) is 23.8 Å². The lowest BCUT2D eigenvalue weighted by atomic mass is 10.1. The molecule has 2 N–H and O–H groups in total. The van der Waals surface area contributed by atoms with Crippen LogP contribution >= 0.6 is 15.9 Å². The molecule has 4 heteroatoms. The van der Waals surface area contributed by atoms with Crippen LogP contribution in [0.2, 0.25) is 0 Å². The summed E-state index contributed by atoms with van der Waals surface area (Å²) < 4.78 is 0. The Hall–Kier alpha value is -1.03. The Balaban J connectivity index is 3.05. The van der Waals surface area contributed by atoms with Gasteiger partial charge < -0.3 is 10.2 Å². The molecule has 0 radical (unpaired) electrons. The van der Waals surface area contributed by atoms with Gasteiger partial charge in [0.05, 0.1) is 0 Å². The maximum Gasteiger partial charge on any atom is 0.171 e. The first kappa shape index (κ1) is 10.1. The molecule has 0 atom stereocenters. The van der Waals surface area contributed by atoms with E-state index in [1.54, 1.807) is 0 Å². The maximum absolute atomic E-state index is 11.3. The average molecular weight is 245 g/mol. The summed E-state index contributed by atoms with van der Waals surface area (Å²) in [5, 5.41) is 19.1. The van der Waals surface area contributed by atoms with Gasteiger partial charge in [0.25, 0.3) is 0 Å². The number of carbonyl (C=O) groups is 1. The van der Waals surface area contributed by atoms with E-state index in [0.29, 0.717) is 5.33 Å². The SMILES string of the molecule is O=C(CCBr)c1c(O)cccc1O. The number of Topliss-reactive ketones (excluding diaryl/α,β-unsaturated/α-hetero) is 1. The third-order valence-electron chi connectivity index (χ3n) is 1.62. The normalized spacial score (nSPS) is 9.92. The van der Waals surface area contributed by atoms with Crippen molar-refractivity contribution in [3.8, 4) is 11.5 Å². The van der Waals surface area contributed by atoms with Gasteiger partial charge in [0.15, 0.2) is 5.78 Å². The number of aromatic hydroxyl groups is 2. The third-order valence-corrected chi connectivity index (χ3v) is 2.02. The standard InChI is InChI=1S/C9H9BrO3/c10-5-4-8(13)9-6(11)2-1-3-7(9)12/h1-3,11-12H,4-5H2. The highest BCUT2D eigenvalue weighted by Gasteiger charge is 2.14. The minimum atomic E-state index is -0.271. The second-order valence-electron chi connectivity index (χ2n) is 2.53. The molecule has 0 saturated carbocycles. The number of carbonyl (C=O) groups excluding carboxylic acids is 1. The Bertz CT molecular complexity index is 302. The second kappa shape index (κ2) is 4.28. The van der Waals surface area contributed by atoms with E-state index in [-0.39, 0.29) is 29.3 Å². The van der Waals surface area contributed by atoms with E-state index in [4.69, 9.17) is 0 Å². The van der Waals surface area contributed by atoms with Crippen molar-refractivity contribution in [3.63, 3.8) is 0 Å². The summed E-state index contributed by atoms with van der Waals surface area (Å²) in [5.41, 5.74) is 0.00181. The Morgan fingerprint density at radius 3 is 2.31 bits per heavy atom. The molecule has 13 heavy (non-hydrogen) atoms. The molecule has 0 saturated heterocycles. The number of alkyl halides is 1. The number of hydrogen-bond donors (Lipinski definition) is 2. The van der Waals surface area contributed by atoms with E-state index >= 15 is 0 Å². The monoisotopic (exact) mass is 244 g/mol. The van der Waals surface area contributed by atoms with Gasteiger partial charge in [-0.2, -0.15) is 0 Å². The Kier molecular flexibility index (Phi) is 3.31. The molecule has 1 aromatic carbocycles. The summed E-state index contributed by atoms with van der Waals surface area (Å²) in [6.07, 6.45) is 0.255. The van der Waals surface area contributed by atoms with E-state index in [0.717, 1.165) is 0 Å².